The van der Waals surface area contributed by atoms with Crippen LogP contribution in [0.4, 0.5) is 27.5 Å². The average molecular weight is 495 g/mol. The molecule has 0 amide bonds. The van der Waals surface area contributed by atoms with E-state index in [-0.39, 0.29) is 23.2 Å². The first-order valence-corrected chi connectivity index (χ1v) is 12.8. The number of nitrogens with zero attached hydrogens (tertiary/aromatic N) is 2. The summed E-state index contributed by atoms with van der Waals surface area (Å²) in [6, 6.07) is 12.3. The van der Waals surface area contributed by atoms with Crippen LogP contribution in [0.1, 0.15) is 19.4 Å². The number of nitrogens with one attached hydrogen (secondary N) is 3. The molecule has 0 fully saturated rings. The summed E-state index contributed by atoms with van der Waals surface area (Å²) in [4.78, 5) is 7.93. The summed E-state index contributed by atoms with van der Waals surface area (Å²) in [5, 5.41) is 10.2. The van der Waals surface area contributed by atoms with Crippen LogP contribution in [0, 0.1) is 5.82 Å². The van der Waals surface area contributed by atoms with E-state index < -0.39 is 31.1 Å². The van der Waals surface area contributed by atoms with Crippen molar-refractivity contribution in [1.82, 2.24) is 14.7 Å². The van der Waals surface area contributed by atoms with Crippen molar-refractivity contribution in [3.63, 3.8) is 0 Å². The molecule has 0 atom stereocenters. The Morgan fingerprint density at radius 3 is 2.09 bits per heavy atom. The van der Waals surface area contributed by atoms with Crippen molar-refractivity contribution in [2.45, 2.75) is 30.5 Å². The summed E-state index contributed by atoms with van der Waals surface area (Å²) in [5.74, 6) is -0.678. The van der Waals surface area contributed by atoms with Gasteiger partial charge in [0, 0.05) is 17.9 Å². The molecule has 0 unspecified atom stereocenters. The Balaban J connectivity index is 1.68. The monoisotopic (exact) mass is 494 g/mol. The topological polar surface area (TPSA) is 156 Å². The Labute approximate surface area is 191 Å². The van der Waals surface area contributed by atoms with Gasteiger partial charge in [0.05, 0.1) is 16.3 Å². The maximum Gasteiger partial charge on any atom is 0.238 e. The van der Waals surface area contributed by atoms with E-state index in [0.717, 1.165) is 11.8 Å². The summed E-state index contributed by atoms with van der Waals surface area (Å²) in [5.41, 5.74) is 1.75. The number of rotatable bonds is 9. The number of benzene rings is 2. The summed E-state index contributed by atoms with van der Waals surface area (Å²) in [6.07, 6.45) is 0.992. The number of aromatic nitrogens is 2. The van der Waals surface area contributed by atoms with E-state index in [1.807, 2.05) is 0 Å². The lowest BCUT2D eigenvalue weighted by molar-refractivity contribution is 0.572. The van der Waals surface area contributed by atoms with Crippen molar-refractivity contribution < 1.29 is 21.2 Å². The second-order valence-electron chi connectivity index (χ2n) is 7.32. The van der Waals surface area contributed by atoms with E-state index in [9.17, 15) is 21.2 Å². The fourth-order valence-corrected chi connectivity index (χ4v) is 3.78. The van der Waals surface area contributed by atoms with E-state index >= 15 is 0 Å². The summed E-state index contributed by atoms with van der Waals surface area (Å²) < 4.78 is 63.1. The van der Waals surface area contributed by atoms with Crippen LogP contribution in [-0.4, -0.2) is 32.1 Å². The zero-order valence-electron chi connectivity index (χ0n) is 17.8. The number of halogens is 1. The lowest BCUT2D eigenvalue weighted by Gasteiger charge is -2.11. The molecule has 1 heterocycles. The molecule has 0 bridgehead atoms. The normalized spacial score (nSPS) is 12.0. The van der Waals surface area contributed by atoms with Crippen LogP contribution in [0.3, 0.4) is 0 Å². The molecule has 0 aliphatic rings. The Morgan fingerprint density at radius 1 is 0.939 bits per heavy atom. The zero-order valence-corrected chi connectivity index (χ0v) is 19.4. The van der Waals surface area contributed by atoms with E-state index in [1.165, 1.54) is 24.3 Å². The highest BCUT2D eigenvalue weighted by atomic mass is 32.2. The molecule has 13 heteroatoms. The second kappa shape index (κ2) is 9.79. The number of nitrogens with two attached hydrogens (primary N) is 1. The van der Waals surface area contributed by atoms with Gasteiger partial charge in [-0.15, -0.1) is 0 Å². The Morgan fingerprint density at radius 2 is 1.52 bits per heavy atom. The molecule has 2 aromatic carbocycles. The molecule has 176 valence electrons. The van der Waals surface area contributed by atoms with Gasteiger partial charge in [0.15, 0.2) is 11.6 Å². The molecule has 0 saturated carbocycles. The van der Waals surface area contributed by atoms with Gasteiger partial charge in [-0.1, -0.05) is 12.1 Å². The molecular formula is C20H23FN6O4S2. The minimum absolute atomic E-state index is 0.0455. The Kier molecular flexibility index (Phi) is 7.27. The number of anilines is 4. The lowest BCUT2D eigenvalue weighted by atomic mass is 10.2. The van der Waals surface area contributed by atoms with Crippen molar-refractivity contribution in [1.29, 1.82) is 0 Å². The molecule has 3 aromatic rings. The maximum absolute atomic E-state index is 14.2. The highest BCUT2D eigenvalue weighted by molar-refractivity contribution is 7.90. The zero-order chi connectivity index (χ0) is 24.2. The maximum atomic E-state index is 14.2. The first kappa shape index (κ1) is 24.5. The molecule has 33 heavy (non-hydrogen) atoms. The van der Waals surface area contributed by atoms with E-state index in [2.05, 4.69) is 25.3 Å². The molecule has 10 nitrogen and oxygen atoms in total. The van der Waals surface area contributed by atoms with Gasteiger partial charge < -0.3 is 10.6 Å². The van der Waals surface area contributed by atoms with Crippen LogP contribution in [-0.2, 0) is 26.6 Å². The Bertz CT molecular complexity index is 1330. The van der Waals surface area contributed by atoms with Gasteiger partial charge in [0.2, 0.25) is 26.0 Å². The van der Waals surface area contributed by atoms with Gasteiger partial charge in [-0.2, -0.15) is 4.98 Å². The second-order valence-corrected chi connectivity index (χ2v) is 11.2. The molecule has 0 radical (unpaired) electrons. The van der Waals surface area contributed by atoms with Gasteiger partial charge >= 0.3 is 0 Å². The van der Waals surface area contributed by atoms with Crippen LogP contribution < -0.4 is 20.5 Å². The lowest BCUT2D eigenvalue weighted by Crippen LogP contribution is -2.30. The molecule has 0 aliphatic heterocycles. The van der Waals surface area contributed by atoms with Gasteiger partial charge in [-0.25, -0.2) is 36.1 Å². The third-order valence-corrected chi connectivity index (χ3v) is 7.21. The molecule has 0 aliphatic carbocycles. The average Bonchev–Trinajstić information content (AvgIpc) is 2.75. The van der Waals surface area contributed by atoms with E-state index in [1.54, 1.807) is 38.1 Å². The third kappa shape index (κ3) is 6.68. The fraction of sp³-hybridized carbons (Fsp3) is 0.200. The summed E-state index contributed by atoms with van der Waals surface area (Å²) in [6.45, 7) is 3.32. The first-order valence-electron chi connectivity index (χ1n) is 9.71. The van der Waals surface area contributed by atoms with Crippen LogP contribution in [0.15, 0.2) is 59.6 Å². The van der Waals surface area contributed by atoms with Crippen LogP contribution >= 0.6 is 0 Å². The highest BCUT2D eigenvalue weighted by Crippen LogP contribution is 2.21. The summed E-state index contributed by atoms with van der Waals surface area (Å²) in [7, 11) is -7.19. The van der Waals surface area contributed by atoms with Crippen molar-refractivity contribution in [2.24, 2.45) is 5.14 Å². The molecular weight excluding hydrogens is 471 g/mol. The van der Waals surface area contributed by atoms with Crippen molar-refractivity contribution in [3.05, 3.63) is 66.1 Å². The van der Waals surface area contributed by atoms with Crippen LogP contribution in [0.2, 0.25) is 0 Å². The number of hydrogen-bond acceptors (Lipinski definition) is 8. The molecule has 0 spiro atoms. The van der Waals surface area contributed by atoms with E-state index in [4.69, 9.17) is 5.14 Å². The van der Waals surface area contributed by atoms with E-state index in [0.29, 0.717) is 11.4 Å². The Hall–Kier alpha value is -3.13. The van der Waals surface area contributed by atoms with Gasteiger partial charge in [0.1, 0.15) is 0 Å². The van der Waals surface area contributed by atoms with Crippen molar-refractivity contribution >= 4 is 43.2 Å². The standard InChI is InChI=1S/C20H23FN6O4S2/c1-13(2)33(30,31)24-11-14-3-5-15(6-4-14)25-19-18(21)12-23-20(27-19)26-16-7-9-17(10-8-16)32(22,28)29/h3-10,12-13,24H,11H2,1-2H3,(H2,22,28,29)(H2,23,25,26,27). The van der Waals surface area contributed by atoms with Crippen molar-refractivity contribution in [3.8, 4) is 0 Å². The predicted molar refractivity (Wildman–Crippen MR) is 124 cm³/mol. The van der Waals surface area contributed by atoms with Crippen molar-refractivity contribution in [2.75, 3.05) is 10.6 Å². The van der Waals surface area contributed by atoms with Gasteiger partial charge in [-0.05, 0) is 55.8 Å². The first-order chi connectivity index (χ1) is 15.4. The number of hydrogen-bond donors (Lipinski definition) is 4. The molecule has 1 aromatic heterocycles. The third-order valence-electron chi connectivity index (χ3n) is 4.50. The number of sulfonamides is 2. The SMILES string of the molecule is CC(C)S(=O)(=O)NCc1ccc(Nc2nc(Nc3ccc(S(N)(=O)=O)cc3)ncc2F)cc1. The van der Waals surface area contributed by atoms with Crippen LogP contribution in [0.5, 0.6) is 0 Å². The number of primary sulfonamides is 1. The predicted octanol–water partition coefficient (Wildman–Crippen LogP) is 2.58. The minimum atomic E-state index is -3.81. The fourth-order valence-electron chi connectivity index (χ4n) is 2.57. The largest absolute Gasteiger partial charge is 0.338 e. The minimum Gasteiger partial charge on any atom is -0.338 e. The molecule has 5 N–H and O–H groups in total. The van der Waals surface area contributed by atoms with Crippen LogP contribution in [0.25, 0.3) is 0 Å². The summed E-state index contributed by atoms with van der Waals surface area (Å²) >= 11 is 0. The molecule has 3 rings (SSSR count). The highest BCUT2D eigenvalue weighted by Gasteiger charge is 2.15. The van der Waals surface area contributed by atoms with Gasteiger partial charge in [-0.3, -0.25) is 0 Å². The quantitative estimate of drug-likeness (QED) is 0.354. The molecule has 0 saturated heterocycles. The smallest absolute Gasteiger partial charge is 0.238 e. The van der Waals surface area contributed by atoms with Gasteiger partial charge in [0.25, 0.3) is 0 Å².